The number of nitrogens with one attached hydrogen (secondary N) is 1. The summed E-state index contributed by atoms with van der Waals surface area (Å²) >= 11 is 0. The molecule has 19 heavy (non-hydrogen) atoms. The van der Waals surface area contributed by atoms with Gasteiger partial charge in [0.1, 0.15) is 0 Å². The van der Waals surface area contributed by atoms with Gasteiger partial charge in [-0.1, -0.05) is 6.92 Å². The van der Waals surface area contributed by atoms with E-state index < -0.39 is 21.2 Å². The second-order valence-electron chi connectivity index (χ2n) is 5.49. The number of carboxylic acid groups (broad SMARTS) is 1. The molecule has 0 aromatic rings. The van der Waals surface area contributed by atoms with E-state index in [9.17, 15) is 13.2 Å². The molecule has 2 bridgehead atoms. The van der Waals surface area contributed by atoms with Gasteiger partial charge in [0, 0.05) is 24.7 Å². The summed E-state index contributed by atoms with van der Waals surface area (Å²) in [6.45, 7) is 3.36. The lowest BCUT2D eigenvalue weighted by Gasteiger charge is -2.37. The predicted molar refractivity (Wildman–Crippen MR) is 71.4 cm³/mol. The Morgan fingerprint density at radius 2 is 1.89 bits per heavy atom. The minimum atomic E-state index is -3.76. The highest BCUT2D eigenvalue weighted by Gasteiger charge is 2.42. The first-order chi connectivity index (χ1) is 8.86. The van der Waals surface area contributed by atoms with Crippen molar-refractivity contribution >= 4 is 16.0 Å². The van der Waals surface area contributed by atoms with Gasteiger partial charge in [-0.3, -0.25) is 4.79 Å². The highest BCUT2D eigenvalue weighted by molar-refractivity contribution is 7.90. The molecule has 2 N–H and O–H groups in total. The predicted octanol–water partition coefficient (Wildman–Crippen LogP) is 0.394. The number of nitrogens with zero attached hydrogens (tertiary/aromatic N) is 1. The Morgan fingerprint density at radius 3 is 2.32 bits per heavy atom. The van der Waals surface area contributed by atoms with E-state index >= 15 is 0 Å². The molecule has 0 spiro atoms. The molecule has 3 unspecified atom stereocenters. The highest BCUT2D eigenvalue weighted by Crippen LogP contribution is 2.31. The number of carboxylic acids is 1. The van der Waals surface area contributed by atoms with Crippen LogP contribution in [0, 0.1) is 0 Å². The summed E-state index contributed by atoms with van der Waals surface area (Å²) in [6, 6.07) is 0.705. The number of piperidine rings is 1. The Hall–Kier alpha value is -0.660. The largest absolute Gasteiger partial charge is 0.480 e. The average molecular weight is 290 g/mol. The molecule has 2 fully saturated rings. The van der Waals surface area contributed by atoms with E-state index in [1.807, 2.05) is 0 Å². The maximum Gasteiger partial charge on any atom is 0.323 e. The maximum atomic E-state index is 12.4. The molecular weight excluding hydrogens is 268 g/mol. The van der Waals surface area contributed by atoms with Crippen molar-refractivity contribution in [2.24, 2.45) is 0 Å². The number of rotatable bonds is 5. The Bertz CT molecular complexity index is 439. The van der Waals surface area contributed by atoms with Crippen LogP contribution in [0.1, 0.15) is 39.5 Å². The van der Waals surface area contributed by atoms with Gasteiger partial charge in [-0.05, 0) is 32.6 Å². The lowest BCUT2D eigenvalue weighted by Crippen LogP contribution is -2.52. The van der Waals surface area contributed by atoms with E-state index in [4.69, 9.17) is 5.11 Å². The second-order valence-corrected chi connectivity index (χ2v) is 7.70. The molecule has 0 aromatic heterocycles. The van der Waals surface area contributed by atoms with Crippen LogP contribution in [-0.4, -0.2) is 53.7 Å². The number of carbonyl (C=O) groups is 1. The van der Waals surface area contributed by atoms with Crippen LogP contribution in [0.5, 0.6) is 0 Å². The van der Waals surface area contributed by atoms with Crippen LogP contribution in [0.25, 0.3) is 0 Å². The van der Waals surface area contributed by atoms with Crippen LogP contribution in [0.15, 0.2) is 0 Å². The number of aliphatic carboxylic acids is 1. The number of fused-ring (bicyclic) bond motifs is 2. The maximum absolute atomic E-state index is 12.4. The first kappa shape index (κ1) is 14.7. The minimum Gasteiger partial charge on any atom is -0.480 e. The smallest absolute Gasteiger partial charge is 0.323 e. The van der Waals surface area contributed by atoms with Crippen molar-refractivity contribution in [2.75, 3.05) is 6.54 Å². The molecule has 2 saturated heterocycles. The van der Waals surface area contributed by atoms with Gasteiger partial charge in [0.2, 0.25) is 10.0 Å². The molecule has 110 valence electrons. The lowest BCUT2D eigenvalue weighted by atomic mass is 10.00. The van der Waals surface area contributed by atoms with Gasteiger partial charge in [0.05, 0.1) is 0 Å². The van der Waals surface area contributed by atoms with Gasteiger partial charge >= 0.3 is 5.97 Å². The van der Waals surface area contributed by atoms with Crippen LogP contribution in [-0.2, 0) is 14.8 Å². The molecule has 2 rings (SSSR count). The molecule has 0 aromatic carbocycles. The summed E-state index contributed by atoms with van der Waals surface area (Å²) in [5.74, 6) is -1.28. The monoisotopic (exact) mass is 290 g/mol. The zero-order valence-electron chi connectivity index (χ0n) is 11.4. The molecule has 0 amide bonds. The van der Waals surface area contributed by atoms with Gasteiger partial charge in [-0.2, -0.15) is 4.31 Å². The molecule has 2 aliphatic heterocycles. The minimum absolute atomic E-state index is 0.0597. The van der Waals surface area contributed by atoms with Crippen molar-refractivity contribution in [1.82, 2.24) is 9.62 Å². The van der Waals surface area contributed by atoms with E-state index in [0.717, 1.165) is 25.7 Å². The topological polar surface area (TPSA) is 86.7 Å². The fourth-order valence-electron chi connectivity index (χ4n) is 3.24. The molecule has 3 atom stereocenters. The molecule has 7 heteroatoms. The van der Waals surface area contributed by atoms with E-state index in [1.54, 1.807) is 6.92 Å². The van der Waals surface area contributed by atoms with Crippen molar-refractivity contribution in [3.63, 3.8) is 0 Å². The van der Waals surface area contributed by atoms with Crippen molar-refractivity contribution in [1.29, 1.82) is 0 Å². The quantitative estimate of drug-likeness (QED) is 0.765. The highest BCUT2D eigenvalue weighted by atomic mass is 32.2. The first-order valence-corrected chi connectivity index (χ1v) is 8.36. The second kappa shape index (κ2) is 5.38. The van der Waals surface area contributed by atoms with Crippen LogP contribution in [0.2, 0.25) is 0 Å². The van der Waals surface area contributed by atoms with Gasteiger partial charge in [0.15, 0.2) is 5.25 Å². The summed E-state index contributed by atoms with van der Waals surface area (Å²) in [4.78, 5) is 11.0. The summed E-state index contributed by atoms with van der Waals surface area (Å²) in [7, 11) is -3.76. The Kier molecular flexibility index (Phi) is 4.17. The van der Waals surface area contributed by atoms with Gasteiger partial charge in [-0.25, -0.2) is 8.42 Å². The van der Waals surface area contributed by atoms with Crippen molar-refractivity contribution in [2.45, 2.75) is 62.9 Å². The standard InChI is InChI=1S/C12H22N2O4S/c1-3-14(19(17,18)8(2)12(15)16)11-6-9-4-5-10(7-11)13-9/h8-11,13H,3-7H2,1-2H3,(H,15,16). The summed E-state index contributed by atoms with van der Waals surface area (Å²) < 4.78 is 26.1. The Morgan fingerprint density at radius 1 is 1.37 bits per heavy atom. The molecule has 0 radical (unpaired) electrons. The van der Waals surface area contributed by atoms with E-state index in [1.165, 1.54) is 11.2 Å². The molecular formula is C12H22N2O4S. The van der Waals surface area contributed by atoms with Crippen molar-refractivity contribution < 1.29 is 18.3 Å². The third-order valence-corrected chi connectivity index (χ3v) is 6.59. The van der Waals surface area contributed by atoms with E-state index in [0.29, 0.717) is 18.6 Å². The molecule has 2 heterocycles. The third-order valence-electron chi connectivity index (χ3n) is 4.29. The number of hydrogen-bond acceptors (Lipinski definition) is 4. The summed E-state index contributed by atoms with van der Waals surface area (Å²) in [5.41, 5.74) is 0. The van der Waals surface area contributed by atoms with Gasteiger partial charge < -0.3 is 10.4 Å². The van der Waals surface area contributed by atoms with Crippen LogP contribution in [0.4, 0.5) is 0 Å². The molecule has 0 aliphatic carbocycles. The Balaban J connectivity index is 2.18. The lowest BCUT2D eigenvalue weighted by molar-refractivity contribution is -0.136. The average Bonchev–Trinajstić information content (AvgIpc) is 2.68. The van der Waals surface area contributed by atoms with Gasteiger partial charge in [-0.15, -0.1) is 0 Å². The SMILES string of the molecule is CCN(C1CC2CCC(C1)N2)S(=O)(=O)C(C)C(=O)O. The van der Waals surface area contributed by atoms with Crippen LogP contribution < -0.4 is 5.32 Å². The van der Waals surface area contributed by atoms with E-state index in [-0.39, 0.29) is 6.04 Å². The zero-order chi connectivity index (χ0) is 14.2. The third kappa shape index (κ3) is 2.78. The van der Waals surface area contributed by atoms with Crippen molar-refractivity contribution in [3.05, 3.63) is 0 Å². The van der Waals surface area contributed by atoms with Crippen molar-refractivity contribution in [3.8, 4) is 0 Å². The zero-order valence-corrected chi connectivity index (χ0v) is 12.2. The Labute approximate surface area is 114 Å². The summed E-state index contributed by atoms with van der Waals surface area (Å²) in [5, 5.41) is 11.0. The molecule has 2 aliphatic rings. The fourth-order valence-corrected chi connectivity index (χ4v) is 4.85. The summed E-state index contributed by atoms with van der Waals surface area (Å²) in [6.07, 6.45) is 3.76. The van der Waals surface area contributed by atoms with E-state index in [2.05, 4.69) is 5.32 Å². The van der Waals surface area contributed by atoms with Crippen LogP contribution >= 0.6 is 0 Å². The molecule has 6 nitrogen and oxygen atoms in total. The first-order valence-electron chi connectivity index (χ1n) is 6.85. The normalized spacial score (nSPS) is 32.5. The number of sulfonamides is 1. The fraction of sp³-hybridized carbons (Fsp3) is 0.917. The van der Waals surface area contributed by atoms with Crippen LogP contribution in [0.3, 0.4) is 0 Å². The number of hydrogen-bond donors (Lipinski definition) is 2. The van der Waals surface area contributed by atoms with Gasteiger partial charge in [0.25, 0.3) is 0 Å². The molecule has 0 saturated carbocycles.